The summed E-state index contributed by atoms with van der Waals surface area (Å²) in [6, 6.07) is 0.668. The monoisotopic (exact) mass is 255 g/mol. The second kappa shape index (κ2) is 6.85. The fraction of sp³-hybridized carbons (Fsp3) is 1.00. The lowest BCUT2D eigenvalue weighted by atomic mass is 9.91. The van der Waals surface area contributed by atoms with Gasteiger partial charge in [-0.2, -0.15) is 0 Å². The Kier molecular flexibility index (Phi) is 5.42. The van der Waals surface area contributed by atoms with E-state index in [0.29, 0.717) is 11.5 Å². The topological polar surface area (TPSA) is 36.5 Å². The van der Waals surface area contributed by atoms with Gasteiger partial charge in [-0.15, -0.1) is 0 Å². The molecule has 0 aromatic heterocycles. The molecule has 106 valence electrons. The number of nitrogens with one attached hydrogen (secondary N) is 2. The molecule has 0 aromatic rings. The fourth-order valence-corrected chi connectivity index (χ4v) is 2.85. The first-order chi connectivity index (χ1) is 8.66. The quantitative estimate of drug-likeness (QED) is 0.758. The number of hydrogen-bond donors (Lipinski definition) is 2. The van der Waals surface area contributed by atoms with Crippen molar-refractivity contribution in [3.63, 3.8) is 0 Å². The predicted octanol–water partition coefficient (Wildman–Crippen LogP) is 0.686. The summed E-state index contributed by atoms with van der Waals surface area (Å²) in [6.07, 6.45) is 2.34. The van der Waals surface area contributed by atoms with Crippen LogP contribution in [0.4, 0.5) is 0 Å². The van der Waals surface area contributed by atoms with E-state index in [1.54, 1.807) is 0 Å². The molecule has 4 heteroatoms. The van der Waals surface area contributed by atoms with E-state index in [0.717, 1.165) is 32.8 Å². The smallest absolute Gasteiger partial charge is 0.0480 e. The molecule has 0 unspecified atom stereocenters. The lowest BCUT2D eigenvalue weighted by Gasteiger charge is -2.36. The third-order valence-corrected chi connectivity index (χ3v) is 3.95. The molecule has 0 amide bonds. The molecule has 0 spiro atoms. The highest BCUT2D eigenvalue weighted by Crippen LogP contribution is 2.17. The van der Waals surface area contributed by atoms with Crippen LogP contribution < -0.4 is 10.6 Å². The normalized spacial score (nSPS) is 24.3. The maximum atomic E-state index is 5.40. The average Bonchev–Trinajstić information content (AvgIpc) is 2.38. The van der Waals surface area contributed by atoms with Crippen molar-refractivity contribution < 1.29 is 4.74 Å². The third-order valence-electron chi connectivity index (χ3n) is 3.95. The minimum Gasteiger partial charge on any atom is -0.381 e. The zero-order valence-corrected chi connectivity index (χ0v) is 12.0. The minimum absolute atomic E-state index is 0.357. The van der Waals surface area contributed by atoms with Crippen molar-refractivity contribution in [3.8, 4) is 0 Å². The molecule has 0 atom stereocenters. The molecule has 2 rings (SSSR count). The summed E-state index contributed by atoms with van der Waals surface area (Å²) >= 11 is 0. The molecule has 0 bridgehead atoms. The van der Waals surface area contributed by atoms with E-state index in [9.17, 15) is 0 Å². The van der Waals surface area contributed by atoms with Crippen LogP contribution in [0.3, 0.4) is 0 Å². The Morgan fingerprint density at radius 2 is 1.89 bits per heavy atom. The van der Waals surface area contributed by atoms with Crippen molar-refractivity contribution in [2.75, 3.05) is 52.5 Å². The van der Waals surface area contributed by atoms with Gasteiger partial charge in [-0.3, -0.25) is 0 Å². The second-order valence-electron chi connectivity index (χ2n) is 6.46. The number of hydrogen-bond acceptors (Lipinski definition) is 4. The van der Waals surface area contributed by atoms with Crippen LogP contribution in [0, 0.1) is 5.41 Å². The summed E-state index contributed by atoms with van der Waals surface area (Å²) in [4.78, 5) is 2.59. The molecule has 18 heavy (non-hydrogen) atoms. The first-order valence-electron chi connectivity index (χ1n) is 7.40. The van der Waals surface area contributed by atoms with Crippen LogP contribution in [-0.2, 0) is 4.74 Å². The predicted molar refractivity (Wildman–Crippen MR) is 74.9 cm³/mol. The minimum atomic E-state index is 0.357. The van der Waals surface area contributed by atoms with Gasteiger partial charge < -0.3 is 20.3 Å². The van der Waals surface area contributed by atoms with Crippen molar-refractivity contribution in [3.05, 3.63) is 0 Å². The molecule has 0 radical (unpaired) electrons. The van der Waals surface area contributed by atoms with Crippen LogP contribution in [0.5, 0.6) is 0 Å². The SMILES string of the molecule is CC(C)(CNC1CCOCC1)CN1CCNCC1. The second-order valence-corrected chi connectivity index (χ2v) is 6.46. The number of nitrogens with zero attached hydrogens (tertiary/aromatic N) is 1. The summed E-state index contributed by atoms with van der Waals surface area (Å²) < 4.78 is 5.40. The van der Waals surface area contributed by atoms with Crippen molar-refractivity contribution in [1.29, 1.82) is 0 Å². The average molecular weight is 255 g/mol. The van der Waals surface area contributed by atoms with E-state index < -0.39 is 0 Å². The Hall–Kier alpha value is -0.160. The molecule has 2 aliphatic rings. The van der Waals surface area contributed by atoms with Crippen molar-refractivity contribution in [1.82, 2.24) is 15.5 Å². The molecule has 0 saturated carbocycles. The van der Waals surface area contributed by atoms with Gasteiger partial charge in [0.1, 0.15) is 0 Å². The van der Waals surface area contributed by atoms with Gasteiger partial charge in [-0.1, -0.05) is 13.8 Å². The van der Waals surface area contributed by atoms with Gasteiger partial charge in [-0.05, 0) is 18.3 Å². The fourth-order valence-electron chi connectivity index (χ4n) is 2.85. The van der Waals surface area contributed by atoms with Gasteiger partial charge in [-0.25, -0.2) is 0 Å². The van der Waals surface area contributed by atoms with Crippen LogP contribution >= 0.6 is 0 Å². The van der Waals surface area contributed by atoms with Crippen molar-refractivity contribution >= 4 is 0 Å². The van der Waals surface area contributed by atoms with Crippen molar-refractivity contribution in [2.45, 2.75) is 32.7 Å². The number of piperazine rings is 1. The van der Waals surface area contributed by atoms with Crippen LogP contribution in [0.15, 0.2) is 0 Å². The van der Waals surface area contributed by atoms with Gasteiger partial charge in [0, 0.05) is 58.5 Å². The van der Waals surface area contributed by atoms with Gasteiger partial charge in [0.15, 0.2) is 0 Å². The molecular formula is C14H29N3O. The lowest BCUT2D eigenvalue weighted by molar-refractivity contribution is 0.0725. The Bertz CT molecular complexity index is 233. The van der Waals surface area contributed by atoms with E-state index >= 15 is 0 Å². The first kappa shape index (κ1) is 14.3. The standard InChI is InChI=1S/C14H29N3O/c1-14(2,12-17-7-5-15-6-8-17)11-16-13-3-9-18-10-4-13/h13,15-16H,3-12H2,1-2H3. The van der Waals surface area contributed by atoms with Crippen LogP contribution in [-0.4, -0.2) is 63.4 Å². The first-order valence-corrected chi connectivity index (χ1v) is 7.40. The highest BCUT2D eigenvalue weighted by Gasteiger charge is 2.24. The van der Waals surface area contributed by atoms with Gasteiger partial charge in [0.05, 0.1) is 0 Å². The largest absolute Gasteiger partial charge is 0.381 e. The van der Waals surface area contributed by atoms with E-state index in [1.165, 1.54) is 32.5 Å². The molecule has 2 aliphatic heterocycles. The summed E-state index contributed by atoms with van der Waals surface area (Å²) in [5, 5.41) is 7.14. The molecule has 4 nitrogen and oxygen atoms in total. The van der Waals surface area contributed by atoms with Gasteiger partial charge >= 0.3 is 0 Å². The molecule has 2 N–H and O–H groups in total. The summed E-state index contributed by atoms with van der Waals surface area (Å²) in [5.74, 6) is 0. The van der Waals surface area contributed by atoms with Gasteiger partial charge in [0.2, 0.25) is 0 Å². The zero-order valence-electron chi connectivity index (χ0n) is 12.0. The Morgan fingerprint density at radius 1 is 1.22 bits per heavy atom. The third kappa shape index (κ3) is 4.84. The molecule has 0 aliphatic carbocycles. The number of ether oxygens (including phenoxy) is 1. The Labute approximate surface area is 111 Å². The number of rotatable bonds is 5. The highest BCUT2D eigenvalue weighted by molar-refractivity contribution is 4.81. The van der Waals surface area contributed by atoms with Crippen LogP contribution in [0.25, 0.3) is 0 Å². The van der Waals surface area contributed by atoms with Gasteiger partial charge in [0.25, 0.3) is 0 Å². The molecular weight excluding hydrogens is 226 g/mol. The molecule has 0 aromatic carbocycles. The van der Waals surface area contributed by atoms with Crippen molar-refractivity contribution in [2.24, 2.45) is 5.41 Å². The Morgan fingerprint density at radius 3 is 2.56 bits per heavy atom. The van der Waals surface area contributed by atoms with Crippen LogP contribution in [0.2, 0.25) is 0 Å². The summed E-state index contributed by atoms with van der Waals surface area (Å²) in [5.41, 5.74) is 0.357. The Balaban J connectivity index is 1.68. The molecule has 2 saturated heterocycles. The summed E-state index contributed by atoms with van der Waals surface area (Å²) in [7, 11) is 0. The van der Waals surface area contributed by atoms with E-state index in [-0.39, 0.29) is 0 Å². The lowest BCUT2D eigenvalue weighted by Crippen LogP contribution is -2.50. The van der Waals surface area contributed by atoms with E-state index in [2.05, 4.69) is 29.4 Å². The highest BCUT2D eigenvalue weighted by atomic mass is 16.5. The maximum Gasteiger partial charge on any atom is 0.0480 e. The van der Waals surface area contributed by atoms with Crippen LogP contribution in [0.1, 0.15) is 26.7 Å². The molecule has 2 heterocycles. The maximum absolute atomic E-state index is 5.40. The van der Waals surface area contributed by atoms with E-state index in [1.807, 2.05) is 0 Å². The summed E-state index contributed by atoms with van der Waals surface area (Å²) in [6.45, 7) is 13.6. The molecule has 2 fully saturated rings. The van der Waals surface area contributed by atoms with E-state index in [4.69, 9.17) is 4.74 Å². The zero-order chi connectivity index (χ0) is 12.8.